The summed E-state index contributed by atoms with van der Waals surface area (Å²) in [5, 5.41) is 24.3. The van der Waals surface area contributed by atoms with Gasteiger partial charge in [0.1, 0.15) is 0 Å². The predicted octanol–water partition coefficient (Wildman–Crippen LogP) is 3.11. The zero-order valence-electron chi connectivity index (χ0n) is 12.2. The van der Waals surface area contributed by atoms with Gasteiger partial charge in [0.2, 0.25) is 0 Å². The van der Waals surface area contributed by atoms with Gasteiger partial charge in [-0.05, 0) is 18.6 Å². The number of hydrogen-bond acceptors (Lipinski definition) is 6. The first-order valence-electron chi connectivity index (χ1n) is 6.65. The third-order valence-electron chi connectivity index (χ3n) is 3.24. The Kier molecular flexibility index (Phi) is 4.65. The Balaban J connectivity index is 2.09. The highest BCUT2D eigenvalue weighted by atomic mass is 16.6. The molecule has 23 heavy (non-hydrogen) atoms. The number of carbonyl (C=O) groups is 1. The van der Waals surface area contributed by atoms with Crippen molar-refractivity contribution in [2.75, 3.05) is 11.9 Å². The maximum atomic E-state index is 12.1. The molecule has 0 fully saturated rings. The zero-order valence-corrected chi connectivity index (χ0v) is 12.2. The van der Waals surface area contributed by atoms with Crippen molar-refractivity contribution >= 4 is 22.8 Å². The minimum absolute atomic E-state index is 0.0296. The molecule has 118 valence electrons. The van der Waals surface area contributed by atoms with E-state index < -0.39 is 9.85 Å². The molecule has 0 aliphatic heterocycles. The Labute approximate surface area is 131 Å². The van der Waals surface area contributed by atoms with Gasteiger partial charge in [0.15, 0.2) is 5.78 Å². The van der Waals surface area contributed by atoms with Crippen LogP contribution >= 0.6 is 0 Å². The van der Waals surface area contributed by atoms with E-state index in [1.165, 1.54) is 42.5 Å². The molecule has 0 saturated carbocycles. The van der Waals surface area contributed by atoms with Gasteiger partial charge in [-0.25, -0.2) is 0 Å². The molecule has 2 aromatic rings. The van der Waals surface area contributed by atoms with Gasteiger partial charge >= 0.3 is 0 Å². The van der Waals surface area contributed by atoms with Crippen LogP contribution in [-0.4, -0.2) is 22.2 Å². The molecule has 1 N–H and O–H groups in total. The van der Waals surface area contributed by atoms with E-state index >= 15 is 0 Å². The van der Waals surface area contributed by atoms with Crippen molar-refractivity contribution in [1.29, 1.82) is 0 Å². The first-order chi connectivity index (χ1) is 10.9. The van der Waals surface area contributed by atoms with Crippen LogP contribution in [0.25, 0.3) is 0 Å². The van der Waals surface area contributed by atoms with E-state index in [-0.39, 0.29) is 29.3 Å². The lowest BCUT2D eigenvalue weighted by atomic mass is 10.1. The summed E-state index contributed by atoms with van der Waals surface area (Å²) >= 11 is 0. The number of hydrogen-bond donors (Lipinski definition) is 1. The number of carbonyl (C=O) groups excluding carboxylic acids is 1. The topological polar surface area (TPSA) is 115 Å². The number of nitrogens with one attached hydrogen (secondary N) is 1. The lowest BCUT2D eigenvalue weighted by Gasteiger charge is -2.08. The van der Waals surface area contributed by atoms with E-state index in [4.69, 9.17) is 0 Å². The predicted molar refractivity (Wildman–Crippen MR) is 83.8 cm³/mol. The molecule has 2 rings (SSSR count). The Bertz CT molecular complexity index is 788. The summed E-state index contributed by atoms with van der Waals surface area (Å²) in [7, 11) is 0. The molecule has 0 bridgehead atoms. The summed E-state index contributed by atoms with van der Waals surface area (Å²) in [6, 6.07) is 9.74. The van der Waals surface area contributed by atoms with E-state index in [2.05, 4.69) is 5.32 Å². The molecule has 0 saturated heterocycles. The number of nitro groups is 2. The van der Waals surface area contributed by atoms with Crippen LogP contribution < -0.4 is 5.32 Å². The van der Waals surface area contributed by atoms with Crippen LogP contribution in [0, 0.1) is 27.2 Å². The Morgan fingerprint density at radius 1 is 1.04 bits per heavy atom. The Hall–Kier alpha value is -3.29. The molecule has 0 atom stereocenters. The molecule has 8 nitrogen and oxygen atoms in total. The maximum absolute atomic E-state index is 12.1. The van der Waals surface area contributed by atoms with Crippen molar-refractivity contribution in [3.63, 3.8) is 0 Å². The van der Waals surface area contributed by atoms with Crippen LogP contribution in [0.1, 0.15) is 15.9 Å². The van der Waals surface area contributed by atoms with Gasteiger partial charge in [-0.1, -0.05) is 12.1 Å². The zero-order chi connectivity index (χ0) is 17.0. The van der Waals surface area contributed by atoms with Crippen LogP contribution in [-0.2, 0) is 0 Å². The Morgan fingerprint density at radius 3 is 2.30 bits per heavy atom. The van der Waals surface area contributed by atoms with Gasteiger partial charge in [-0.3, -0.25) is 25.0 Å². The fraction of sp³-hybridized carbons (Fsp3) is 0.133. The molecule has 0 unspecified atom stereocenters. The van der Waals surface area contributed by atoms with Crippen LogP contribution in [0.2, 0.25) is 0 Å². The van der Waals surface area contributed by atoms with Crippen molar-refractivity contribution in [2.45, 2.75) is 6.92 Å². The number of nitro benzene ring substituents is 2. The number of anilines is 1. The molecular formula is C15H13N3O5. The first kappa shape index (κ1) is 16.1. The lowest BCUT2D eigenvalue weighted by molar-refractivity contribution is -0.385. The van der Waals surface area contributed by atoms with Gasteiger partial charge in [0.25, 0.3) is 11.4 Å². The molecule has 0 spiro atoms. The largest absolute Gasteiger partial charge is 0.377 e. The number of nitrogens with zero attached hydrogens (tertiary/aromatic N) is 2. The number of ketones is 1. The van der Waals surface area contributed by atoms with Crippen molar-refractivity contribution < 1.29 is 14.6 Å². The van der Waals surface area contributed by atoms with Crippen LogP contribution in [0.4, 0.5) is 17.1 Å². The fourth-order valence-electron chi connectivity index (χ4n) is 2.03. The van der Waals surface area contributed by atoms with Gasteiger partial charge in [0.05, 0.1) is 16.4 Å². The monoisotopic (exact) mass is 315 g/mol. The highest BCUT2D eigenvalue weighted by Crippen LogP contribution is 2.21. The summed E-state index contributed by atoms with van der Waals surface area (Å²) in [5.41, 5.74) is 1.27. The molecule has 0 aliphatic carbocycles. The van der Waals surface area contributed by atoms with Gasteiger partial charge in [-0.15, -0.1) is 0 Å². The van der Waals surface area contributed by atoms with E-state index in [0.717, 1.165) is 0 Å². The second-order valence-corrected chi connectivity index (χ2v) is 4.84. The van der Waals surface area contributed by atoms with Crippen molar-refractivity contribution in [3.8, 4) is 0 Å². The molecule has 0 amide bonds. The minimum atomic E-state index is -0.565. The van der Waals surface area contributed by atoms with Crippen molar-refractivity contribution in [1.82, 2.24) is 0 Å². The SMILES string of the molecule is Cc1cc([N+](=O)[O-])ccc1NCC(=O)c1cccc([N+](=O)[O-])c1. The van der Waals surface area contributed by atoms with E-state index in [1.807, 2.05) is 0 Å². The maximum Gasteiger partial charge on any atom is 0.270 e. The second kappa shape index (κ2) is 6.65. The highest BCUT2D eigenvalue weighted by Gasteiger charge is 2.13. The molecule has 2 aromatic carbocycles. The summed E-state index contributed by atoms with van der Waals surface area (Å²) in [6.45, 7) is 1.62. The molecule has 0 aliphatic rings. The van der Waals surface area contributed by atoms with Gasteiger partial charge in [-0.2, -0.15) is 0 Å². The van der Waals surface area contributed by atoms with Crippen LogP contribution in [0.5, 0.6) is 0 Å². The standard InChI is InChI=1S/C15H13N3O5/c1-10-7-13(18(22)23)5-6-14(10)16-9-15(19)11-3-2-4-12(8-11)17(20)21/h2-8,16H,9H2,1H3. The van der Waals surface area contributed by atoms with Crippen molar-refractivity contribution in [3.05, 3.63) is 73.8 Å². The quantitative estimate of drug-likeness (QED) is 0.497. The normalized spacial score (nSPS) is 10.1. The molecular weight excluding hydrogens is 302 g/mol. The van der Waals surface area contributed by atoms with Crippen LogP contribution in [0.15, 0.2) is 42.5 Å². The number of rotatable bonds is 6. The summed E-state index contributed by atoms with van der Waals surface area (Å²) < 4.78 is 0. The first-order valence-corrected chi connectivity index (χ1v) is 6.65. The van der Waals surface area contributed by atoms with E-state index in [9.17, 15) is 25.0 Å². The summed E-state index contributed by atoms with van der Waals surface area (Å²) in [5.74, 6) is -0.313. The molecule has 0 aromatic heterocycles. The fourth-order valence-corrected chi connectivity index (χ4v) is 2.03. The van der Waals surface area contributed by atoms with E-state index in [0.29, 0.717) is 11.3 Å². The third kappa shape index (κ3) is 3.88. The average molecular weight is 315 g/mol. The second-order valence-electron chi connectivity index (χ2n) is 4.84. The third-order valence-corrected chi connectivity index (χ3v) is 3.24. The van der Waals surface area contributed by atoms with Gasteiger partial charge in [0, 0.05) is 35.5 Å². The number of benzene rings is 2. The molecule has 0 heterocycles. The van der Waals surface area contributed by atoms with E-state index in [1.54, 1.807) is 6.92 Å². The number of Topliss-reactive ketones (excluding diaryl/α,β-unsaturated/α-hetero) is 1. The highest BCUT2D eigenvalue weighted by molar-refractivity contribution is 5.99. The summed E-state index contributed by atoms with van der Waals surface area (Å²) in [4.78, 5) is 32.4. The average Bonchev–Trinajstić information content (AvgIpc) is 2.53. The molecule has 8 heteroatoms. The van der Waals surface area contributed by atoms with Crippen molar-refractivity contribution in [2.24, 2.45) is 0 Å². The van der Waals surface area contributed by atoms with Gasteiger partial charge < -0.3 is 5.32 Å². The number of non-ortho nitro benzene ring substituents is 2. The lowest BCUT2D eigenvalue weighted by Crippen LogP contribution is -2.14. The summed E-state index contributed by atoms with van der Waals surface area (Å²) in [6.07, 6.45) is 0. The minimum Gasteiger partial charge on any atom is -0.377 e. The molecule has 0 radical (unpaired) electrons. The Morgan fingerprint density at radius 2 is 1.70 bits per heavy atom. The smallest absolute Gasteiger partial charge is 0.270 e. The number of aryl methyl sites for hydroxylation is 1. The van der Waals surface area contributed by atoms with Crippen LogP contribution in [0.3, 0.4) is 0 Å².